The average molecular weight is 948 g/mol. The third kappa shape index (κ3) is 6.58. The second-order valence-corrected chi connectivity index (χ2v) is 24.5. The predicted octanol–water partition coefficient (Wildman–Crippen LogP) is 19.2. The van der Waals surface area contributed by atoms with Crippen LogP contribution in [0, 0.1) is 0 Å². The van der Waals surface area contributed by atoms with E-state index in [-0.39, 0.29) is 10.8 Å². The minimum absolute atomic E-state index is 0.139. The van der Waals surface area contributed by atoms with Crippen molar-refractivity contribution in [2.45, 2.75) is 51.6 Å². The summed E-state index contributed by atoms with van der Waals surface area (Å²) in [5, 5.41) is 11.6. The molecule has 0 aliphatic heterocycles. The van der Waals surface area contributed by atoms with Crippen LogP contribution in [0.2, 0.25) is 13.1 Å². The van der Waals surface area contributed by atoms with E-state index in [2.05, 4.69) is 265 Å². The first-order valence-corrected chi connectivity index (χ1v) is 28.5. The van der Waals surface area contributed by atoms with Crippen molar-refractivity contribution in [3.05, 3.63) is 247 Å². The highest BCUT2D eigenvalue weighted by Gasteiger charge is 2.37. The van der Waals surface area contributed by atoms with E-state index < -0.39 is 8.80 Å². The lowest BCUT2D eigenvalue weighted by Gasteiger charge is -2.26. The van der Waals surface area contributed by atoms with Gasteiger partial charge in [-0.1, -0.05) is 222 Å². The van der Waals surface area contributed by atoms with E-state index in [0.29, 0.717) is 0 Å². The van der Waals surface area contributed by atoms with Gasteiger partial charge < -0.3 is 0 Å². The third-order valence-corrected chi connectivity index (χ3v) is 18.4. The van der Waals surface area contributed by atoms with Gasteiger partial charge in [0.25, 0.3) is 0 Å². The summed E-state index contributed by atoms with van der Waals surface area (Å²) in [4.78, 5) is 0. The Labute approximate surface area is 430 Å². The van der Waals surface area contributed by atoms with Gasteiger partial charge in [0.1, 0.15) is 0 Å². The predicted molar refractivity (Wildman–Crippen MR) is 316 cm³/mol. The second kappa shape index (κ2) is 16.2. The molecular weight excluding hydrogens is 893 g/mol. The molecule has 12 aromatic carbocycles. The summed E-state index contributed by atoms with van der Waals surface area (Å²) < 4.78 is 0. The van der Waals surface area contributed by atoms with Crippen LogP contribution in [0.15, 0.2) is 224 Å². The first-order valence-electron chi connectivity index (χ1n) is 26.0. The van der Waals surface area contributed by atoms with Crippen LogP contribution in [0.5, 0.6) is 0 Å². The molecule has 0 aromatic heterocycles. The molecule has 2 aliphatic rings. The standard InChI is InChI=1S/C72H55Si/c1-71(2)64-24-14-11-22-56(64)58-33-31-49(42-66(58)71)69-61-36-30-48(53-19-13-16-26-68(53)73(5)6)41-63(61)70(50-32-34-59-57-23-12-15-25-65(57)72(3,4)67(59)43-50)60-35-29-47(40-62(60)69)52-38-37-51(54-20-9-10-21-55(52)54)46-28-27-44-17-7-8-18-45(44)39-46/h7-43H,1-6H3/q-1. The number of fused-ring (bicyclic) bond motifs is 10. The summed E-state index contributed by atoms with van der Waals surface area (Å²) >= 11 is 0. The highest BCUT2D eigenvalue weighted by atomic mass is 28.3. The van der Waals surface area contributed by atoms with Gasteiger partial charge in [-0.2, -0.15) is 18.3 Å². The van der Waals surface area contributed by atoms with Gasteiger partial charge in [-0.15, -0.1) is 0 Å². The van der Waals surface area contributed by atoms with E-state index in [0.717, 1.165) is 0 Å². The minimum Gasteiger partial charge on any atom is -0.291 e. The molecule has 0 unspecified atom stereocenters. The fraction of sp³-hybridized carbons (Fsp3) is 0.111. The molecule has 2 aliphatic carbocycles. The molecule has 14 rings (SSSR count). The zero-order valence-electron chi connectivity index (χ0n) is 42.4. The van der Waals surface area contributed by atoms with Gasteiger partial charge >= 0.3 is 0 Å². The van der Waals surface area contributed by atoms with E-state index in [1.165, 1.54) is 148 Å². The average Bonchev–Trinajstić information content (AvgIpc) is 3.80. The Morgan fingerprint density at radius 3 is 1.21 bits per heavy atom. The molecule has 12 aromatic rings. The number of hydrogen-bond acceptors (Lipinski definition) is 0. The Kier molecular flexibility index (Phi) is 9.69. The van der Waals surface area contributed by atoms with Crippen molar-refractivity contribution in [3.63, 3.8) is 0 Å². The summed E-state index contributed by atoms with van der Waals surface area (Å²) in [7, 11) is -0.747. The van der Waals surface area contributed by atoms with Crippen molar-refractivity contribution >= 4 is 57.1 Å². The maximum atomic E-state index is 2.53. The number of hydrogen-bond donors (Lipinski definition) is 0. The monoisotopic (exact) mass is 947 g/mol. The van der Waals surface area contributed by atoms with E-state index in [9.17, 15) is 0 Å². The Morgan fingerprint density at radius 1 is 0.260 bits per heavy atom. The smallest absolute Gasteiger partial charge is 0.0159 e. The Bertz CT molecular complexity index is 4290. The molecule has 348 valence electrons. The van der Waals surface area contributed by atoms with Gasteiger partial charge in [0.15, 0.2) is 0 Å². The summed E-state index contributed by atoms with van der Waals surface area (Å²) in [6, 6.07) is 85.9. The largest absolute Gasteiger partial charge is 0.291 e. The minimum atomic E-state index is -0.747. The first kappa shape index (κ1) is 43.7. The molecule has 73 heavy (non-hydrogen) atoms. The van der Waals surface area contributed by atoms with Crippen LogP contribution in [0.1, 0.15) is 49.9 Å². The lowest BCUT2D eigenvalue weighted by Crippen LogP contribution is -2.24. The lowest BCUT2D eigenvalue weighted by atomic mass is 9.79. The molecule has 0 radical (unpaired) electrons. The van der Waals surface area contributed by atoms with Crippen LogP contribution in [-0.2, 0) is 10.8 Å². The molecule has 0 saturated carbocycles. The summed E-state index contributed by atoms with van der Waals surface area (Å²) in [6.07, 6.45) is 0. The Hall–Kier alpha value is -8.10. The van der Waals surface area contributed by atoms with Gasteiger partial charge in [-0.3, -0.25) is 8.80 Å². The van der Waals surface area contributed by atoms with Crippen LogP contribution < -0.4 is 5.19 Å². The third-order valence-electron chi connectivity index (χ3n) is 16.9. The highest BCUT2D eigenvalue weighted by Crippen LogP contribution is 2.54. The number of benzene rings is 12. The highest BCUT2D eigenvalue weighted by molar-refractivity contribution is 6.72. The molecule has 0 heterocycles. The van der Waals surface area contributed by atoms with E-state index in [4.69, 9.17) is 0 Å². The van der Waals surface area contributed by atoms with Crippen molar-refractivity contribution in [2.24, 2.45) is 0 Å². The fourth-order valence-corrected chi connectivity index (χ4v) is 14.4. The zero-order valence-corrected chi connectivity index (χ0v) is 43.4. The van der Waals surface area contributed by atoms with Crippen molar-refractivity contribution in [1.29, 1.82) is 0 Å². The molecule has 0 nitrogen and oxygen atoms in total. The van der Waals surface area contributed by atoms with Crippen LogP contribution in [0.3, 0.4) is 0 Å². The van der Waals surface area contributed by atoms with E-state index in [1.807, 2.05) is 0 Å². The molecule has 1 heteroatoms. The zero-order chi connectivity index (χ0) is 49.3. The topological polar surface area (TPSA) is 0 Å². The molecule has 0 fully saturated rings. The van der Waals surface area contributed by atoms with Gasteiger partial charge in [0.05, 0.1) is 0 Å². The second-order valence-electron chi connectivity index (χ2n) is 21.9. The maximum absolute atomic E-state index is 2.53. The van der Waals surface area contributed by atoms with Crippen LogP contribution in [-0.4, -0.2) is 8.80 Å². The van der Waals surface area contributed by atoms with Crippen LogP contribution in [0.4, 0.5) is 0 Å². The Balaban J connectivity index is 1.07. The summed E-state index contributed by atoms with van der Waals surface area (Å²) in [6.45, 7) is 14.4. The van der Waals surface area contributed by atoms with Gasteiger partial charge in [0, 0.05) is 10.8 Å². The van der Waals surface area contributed by atoms with Gasteiger partial charge in [0.2, 0.25) is 0 Å². The van der Waals surface area contributed by atoms with Crippen LogP contribution >= 0.6 is 0 Å². The quantitative estimate of drug-likeness (QED) is 0.115. The molecule has 0 spiro atoms. The van der Waals surface area contributed by atoms with Gasteiger partial charge in [-0.25, -0.2) is 0 Å². The maximum Gasteiger partial charge on any atom is 0.0159 e. The molecular formula is C72H55Si-. The summed E-state index contributed by atoms with van der Waals surface area (Å²) in [5.41, 5.74) is 23.3. The van der Waals surface area contributed by atoms with Crippen molar-refractivity contribution in [2.75, 3.05) is 0 Å². The molecule has 0 atom stereocenters. The molecule has 0 saturated heterocycles. The van der Waals surface area contributed by atoms with Crippen LogP contribution in [0.25, 0.3) is 121 Å². The van der Waals surface area contributed by atoms with Gasteiger partial charge in [-0.05, 0) is 174 Å². The van der Waals surface area contributed by atoms with E-state index in [1.54, 1.807) is 0 Å². The molecule has 0 amide bonds. The van der Waals surface area contributed by atoms with Crippen molar-refractivity contribution in [1.82, 2.24) is 0 Å². The lowest BCUT2D eigenvalue weighted by molar-refractivity contribution is 0.660. The normalized spacial score (nSPS) is 13.8. The van der Waals surface area contributed by atoms with Crippen molar-refractivity contribution < 1.29 is 0 Å². The van der Waals surface area contributed by atoms with E-state index >= 15 is 0 Å². The Morgan fingerprint density at radius 2 is 0.658 bits per heavy atom. The first-order chi connectivity index (χ1) is 35.5. The molecule has 0 N–H and O–H groups in total. The SMILES string of the molecule is C[Si-](C)c1ccccc1-c1ccc2c(-c3ccc4c(c3)C(C)(C)c3ccccc3-4)c3cc(-c4ccc(-c5ccc6ccccc6c5)c5ccccc45)ccc3c(-c3ccc4c(c3)C(C)(C)c3ccccc3-4)c2c1. The molecule has 0 bridgehead atoms. The van der Waals surface area contributed by atoms with Crippen molar-refractivity contribution in [3.8, 4) is 77.9 Å². The summed E-state index contributed by atoms with van der Waals surface area (Å²) in [5.74, 6) is 0. The number of rotatable bonds is 6. The fourth-order valence-electron chi connectivity index (χ4n) is 13.2.